The van der Waals surface area contributed by atoms with Gasteiger partial charge in [0.15, 0.2) is 0 Å². The van der Waals surface area contributed by atoms with Gasteiger partial charge in [0.2, 0.25) is 0 Å². The Labute approximate surface area is 131 Å². The number of halogens is 1. The highest BCUT2D eigenvalue weighted by atomic mass is 79.9. The van der Waals surface area contributed by atoms with Crippen molar-refractivity contribution in [2.75, 3.05) is 5.43 Å². The molecule has 0 fully saturated rings. The van der Waals surface area contributed by atoms with Gasteiger partial charge >= 0.3 is 0 Å². The maximum atomic E-state index is 10.2. The van der Waals surface area contributed by atoms with Crippen molar-refractivity contribution in [3.8, 4) is 5.75 Å². The fourth-order valence-corrected chi connectivity index (χ4v) is 2.60. The van der Waals surface area contributed by atoms with Gasteiger partial charge in [0.05, 0.1) is 16.4 Å². The van der Waals surface area contributed by atoms with Gasteiger partial charge in [-0.3, -0.25) is 5.43 Å². The summed E-state index contributed by atoms with van der Waals surface area (Å²) < 4.78 is 0.655. The van der Waals surface area contributed by atoms with Crippen LogP contribution < -0.4 is 5.43 Å². The first-order valence-electron chi connectivity index (χ1n) is 6.50. The Morgan fingerprint density at radius 1 is 1.00 bits per heavy atom. The topological polar surface area (TPSA) is 44.6 Å². The fraction of sp³-hybridized carbons (Fsp3) is 0. The average Bonchev–Trinajstić information content (AvgIpc) is 2.52. The number of hydrogen-bond donors (Lipinski definition) is 2. The molecule has 0 bridgehead atoms. The van der Waals surface area contributed by atoms with Crippen LogP contribution in [-0.4, -0.2) is 11.3 Å². The zero-order valence-electron chi connectivity index (χ0n) is 11.1. The van der Waals surface area contributed by atoms with Gasteiger partial charge < -0.3 is 5.11 Å². The molecule has 0 amide bonds. The van der Waals surface area contributed by atoms with E-state index in [2.05, 4.69) is 26.5 Å². The van der Waals surface area contributed by atoms with Gasteiger partial charge in [-0.25, -0.2) is 0 Å². The van der Waals surface area contributed by atoms with E-state index in [1.54, 1.807) is 6.21 Å². The zero-order chi connectivity index (χ0) is 14.7. The molecule has 3 aromatic carbocycles. The number of anilines is 1. The van der Waals surface area contributed by atoms with E-state index in [1.807, 2.05) is 60.7 Å². The summed E-state index contributed by atoms with van der Waals surface area (Å²) in [6.07, 6.45) is 1.63. The summed E-state index contributed by atoms with van der Waals surface area (Å²) in [5.41, 5.74) is 4.53. The number of aromatic hydroxyl groups is 1. The van der Waals surface area contributed by atoms with E-state index in [0.717, 1.165) is 16.5 Å². The second kappa shape index (κ2) is 5.97. The van der Waals surface area contributed by atoms with Crippen LogP contribution in [0.3, 0.4) is 0 Å². The third-order valence-electron chi connectivity index (χ3n) is 3.18. The van der Waals surface area contributed by atoms with Crippen LogP contribution in [0.1, 0.15) is 5.56 Å². The van der Waals surface area contributed by atoms with Gasteiger partial charge in [0.1, 0.15) is 5.75 Å². The molecule has 0 saturated heterocycles. The Bertz CT molecular complexity index is 800. The normalized spacial score (nSPS) is 11.1. The average molecular weight is 341 g/mol. The van der Waals surface area contributed by atoms with Gasteiger partial charge in [-0.15, -0.1) is 0 Å². The van der Waals surface area contributed by atoms with Crippen molar-refractivity contribution >= 4 is 38.6 Å². The number of para-hydroxylation sites is 1. The molecule has 0 saturated carbocycles. The second-order valence-corrected chi connectivity index (χ2v) is 5.43. The van der Waals surface area contributed by atoms with Gasteiger partial charge in [-0.1, -0.05) is 42.5 Å². The molecule has 0 aromatic heterocycles. The number of nitrogens with zero attached hydrogens (tertiary/aromatic N) is 1. The third-order valence-corrected chi connectivity index (χ3v) is 3.78. The van der Waals surface area contributed by atoms with Gasteiger partial charge in [-0.2, -0.15) is 5.10 Å². The van der Waals surface area contributed by atoms with Crippen molar-refractivity contribution in [1.29, 1.82) is 0 Å². The Hall–Kier alpha value is -2.33. The first kappa shape index (κ1) is 13.6. The Morgan fingerprint density at radius 3 is 2.52 bits per heavy atom. The van der Waals surface area contributed by atoms with Crippen LogP contribution in [0.4, 0.5) is 5.69 Å². The summed E-state index contributed by atoms with van der Waals surface area (Å²) >= 11 is 3.37. The molecule has 0 heterocycles. The monoisotopic (exact) mass is 340 g/mol. The lowest BCUT2D eigenvalue weighted by Gasteiger charge is -2.07. The summed E-state index contributed by atoms with van der Waals surface area (Å²) in [7, 11) is 0. The Kier molecular flexibility index (Phi) is 3.88. The van der Waals surface area contributed by atoms with Gasteiger partial charge in [0.25, 0.3) is 0 Å². The van der Waals surface area contributed by atoms with Crippen molar-refractivity contribution < 1.29 is 5.11 Å². The van der Waals surface area contributed by atoms with Crippen LogP contribution in [0.2, 0.25) is 0 Å². The van der Waals surface area contributed by atoms with Crippen LogP contribution >= 0.6 is 15.9 Å². The summed E-state index contributed by atoms with van der Waals surface area (Å²) in [6, 6.07) is 19.4. The molecule has 0 unspecified atom stereocenters. The lowest BCUT2D eigenvalue weighted by molar-refractivity contribution is 0.472. The van der Waals surface area contributed by atoms with E-state index in [9.17, 15) is 5.11 Å². The number of hydrogen-bond acceptors (Lipinski definition) is 3. The molecule has 4 heteroatoms. The predicted octanol–water partition coefficient (Wildman–Crippen LogP) is 4.75. The van der Waals surface area contributed by atoms with E-state index in [0.29, 0.717) is 10.0 Å². The van der Waals surface area contributed by atoms with Crippen LogP contribution in [0.25, 0.3) is 10.8 Å². The number of rotatable bonds is 3. The molecule has 0 radical (unpaired) electrons. The molecule has 2 N–H and O–H groups in total. The van der Waals surface area contributed by atoms with E-state index in [4.69, 9.17) is 0 Å². The largest absolute Gasteiger partial charge is 0.506 e. The fourth-order valence-electron chi connectivity index (χ4n) is 2.14. The maximum Gasteiger partial charge on any atom is 0.139 e. The predicted molar refractivity (Wildman–Crippen MR) is 91.0 cm³/mol. The minimum Gasteiger partial charge on any atom is -0.506 e. The standard InChI is InChI=1S/C17H13BrN2O/c18-16-10-12-6-4-5-9-14(12)15(17(16)21)11-19-20-13-7-2-1-3-8-13/h1-11,20-21H. The summed E-state index contributed by atoms with van der Waals surface area (Å²) in [6.45, 7) is 0. The number of phenols is 1. The number of benzene rings is 3. The third kappa shape index (κ3) is 2.90. The molecular formula is C17H13BrN2O. The molecule has 3 nitrogen and oxygen atoms in total. The molecule has 21 heavy (non-hydrogen) atoms. The minimum absolute atomic E-state index is 0.187. The minimum atomic E-state index is 0.187. The quantitative estimate of drug-likeness (QED) is 0.533. The van der Waals surface area contributed by atoms with Crippen molar-refractivity contribution in [1.82, 2.24) is 0 Å². The van der Waals surface area contributed by atoms with Crippen LogP contribution in [0.15, 0.2) is 70.2 Å². The van der Waals surface area contributed by atoms with Crippen molar-refractivity contribution in [3.63, 3.8) is 0 Å². The molecular weight excluding hydrogens is 328 g/mol. The van der Waals surface area contributed by atoms with E-state index >= 15 is 0 Å². The van der Waals surface area contributed by atoms with E-state index in [1.165, 1.54) is 0 Å². The highest BCUT2D eigenvalue weighted by molar-refractivity contribution is 9.10. The zero-order valence-corrected chi connectivity index (χ0v) is 12.7. The Balaban J connectivity index is 1.98. The highest BCUT2D eigenvalue weighted by Gasteiger charge is 2.09. The lowest BCUT2D eigenvalue weighted by atomic mass is 10.0. The lowest BCUT2D eigenvalue weighted by Crippen LogP contribution is -1.92. The van der Waals surface area contributed by atoms with E-state index < -0.39 is 0 Å². The summed E-state index contributed by atoms with van der Waals surface area (Å²) in [4.78, 5) is 0. The van der Waals surface area contributed by atoms with Crippen LogP contribution in [-0.2, 0) is 0 Å². The van der Waals surface area contributed by atoms with Gasteiger partial charge in [0, 0.05) is 5.56 Å². The highest BCUT2D eigenvalue weighted by Crippen LogP contribution is 2.33. The Morgan fingerprint density at radius 2 is 1.71 bits per heavy atom. The van der Waals surface area contributed by atoms with Crippen molar-refractivity contribution in [3.05, 3.63) is 70.7 Å². The van der Waals surface area contributed by atoms with E-state index in [-0.39, 0.29) is 5.75 Å². The molecule has 0 aliphatic rings. The molecule has 0 aliphatic heterocycles. The summed E-state index contributed by atoms with van der Waals surface area (Å²) in [5.74, 6) is 0.187. The molecule has 104 valence electrons. The molecule has 0 aliphatic carbocycles. The van der Waals surface area contributed by atoms with Crippen molar-refractivity contribution in [2.45, 2.75) is 0 Å². The first-order valence-corrected chi connectivity index (χ1v) is 7.29. The van der Waals surface area contributed by atoms with Crippen LogP contribution in [0, 0.1) is 0 Å². The number of fused-ring (bicyclic) bond motifs is 1. The van der Waals surface area contributed by atoms with Crippen molar-refractivity contribution in [2.24, 2.45) is 5.10 Å². The number of phenolic OH excluding ortho intramolecular Hbond substituents is 1. The van der Waals surface area contributed by atoms with Gasteiger partial charge in [-0.05, 0) is 44.9 Å². The SMILES string of the molecule is Oc1c(Br)cc2ccccc2c1C=NNc1ccccc1. The number of hydrazone groups is 1. The molecule has 0 atom stereocenters. The smallest absolute Gasteiger partial charge is 0.139 e. The van der Waals surface area contributed by atoms with Crippen LogP contribution in [0.5, 0.6) is 5.75 Å². The maximum absolute atomic E-state index is 10.2. The first-order chi connectivity index (χ1) is 10.3. The molecule has 3 aromatic rings. The number of nitrogens with one attached hydrogen (secondary N) is 1. The molecule has 3 rings (SSSR count). The second-order valence-electron chi connectivity index (χ2n) is 4.58. The molecule has 0 spiro atoms. The summed E-state index contributed by atoms with van der Waals surface area (Å²) in [5, 5.41) is 16.4.